The Kier molecular flexibility index (Phi) is 6.54. The molecule has 0 saturated carbocycles. The van der Waals surface area contributed by atoms with Crippen LogP contribution in [0.3, 0.4) is 0 Å². The molecule has 152 valence electrons. The number of rotatable bonds is 5. The number of benzene rings is 3. The van der Waals surface area contributed by atoms with Gasteiger partial charge in [-0.05, 0) is 42.0 Å². The lowest BCUT2D eigenvalue weighted by atomic mass is 10.1. The van der Waals surface area contributed by atoms with Crippen molar-refractivity contribution in [3.63, 3.8) is 0 Å². The predicted molar refractivity (Wildman–Crippen MR) is 125 cm³/mol. The molecule has 4 rings (SSSR count). The van der Waals surface area contributed by atoms with E-state index >= 15 is 0 Å². The summed E-state index contributed by atoms with van der Waals surface area (Å²) in [6, 6.07) is 23.7. The summed E-state index contributed by atoms with van der Waals surface area (Å²) in [4.78, 5) is 27.9. The second-order valence-electron chi connectivity index (χ2n) is 6.69. The first-order chi connectivity index (χ1) is 14.1. The van der Waals surface area contributed by atoms with Gasteiger partial charge in [0.2, 0.25) is 0 Å². The average molecular weight is 465 g/mol. The molecule has 2 amide bonds. The van der Waals surface area contributed by atoms with Gasteiger partial charge in [0.05, 0.1) is 11.4 Å². The van der Waals surface area contributed by atoms with Gasteiger partial charge in [-0.1, -0.05) is 42.5 Å². The molecule has 6 nitrogen and oxygen atoms in total. The molecule has 0 unspecified atom stereocenters. The van der Waals surface area contributed by atoms with Gasteiger partial charge in [-0.15, -0.1) is 17.0 Å². The Bertz CT molecular complexity index is 1150. The van der Waals surface area contributed by atoms with E-state index in [0.29, 0.717) is 29.2 Å². The number of para-hydroxylation sites is 3. The highest BCUT2D eigenvalue weighted by Crippen LogP contribution is 2.18. The summed E-state index contributed by atoms with van der Waals surface area (Å²) in [7, 11) is 0. The zero-order valence-corrected chi connectivity index (χ0v) is 17.7. The summed E-state index contributed by atoms with van der Waals surface area (Å²) < 4.78 is 0. The van der Waals surface area contributed by atoms with Crippen LogP contribution in [0.25, 0.3) is 10.9 Å². The van der Waals surface area contributed by atoms with Gasteiger partial charge in [0, 0.05) is 23.0 Å². The van der Waals surface area contributed by atoms with Gasteiger partial charge in [-0.3, -0.25) is 9.59 Å². The maximum atomic E-state index is 12.4. The fraction of sp³-hybridized carbons (Fsp3) is 0.0435. The minimum absolute atomic E-state index is 0. The number of carbonyl (C=O) groups excluding carboxylic acids is 2. The zero-order valence-electron chi connectivity index (χ0n) is 16.0. The van der Waals surface area contributed by atoms with E-state index in [2.05, 4.69) is 15.6 Å². The molecule has 0 aliphatic rings. The van der Waals surface area contributed by atoms with E-state index in [-0.39, 0.29) is 28.8 Å². The van der Waals surface area contributed by atoms with Crippen molar-refractivity contribution in [3.05, 3.63) is 95.7 Å². The summed E-state index contributed by atoms with van der Waals surface area (Å²) in [6.07, 6.45) is 0. The van der Waals surface area contributed by atoms with Gasteiger partial charge in [-0.2, -0.15) is 0 Å². The number of nitrogens with one attached hydrogen (secondary N) is 3. The van der Waals surface area contributed by atoms with Crippen LogP contribution in [0.1, 0.15) is 26.4 Å². The van der Waals surface area contributed by atoms with Gasteiger partial charge in [0.25, 0.3) is 11.8 Å². The number of aromatic nitrogens is 1. The molecule has 0 aliphatic carbocycles. The minimum Gasteiger partial charge on any atom is -0.397 e. The minimum atomic E-state index is -0.239. The van der Waals surface area contributed by atoms with Gasteiger partial charge >= 0.3 is 0 Å². The maximum absolute atomic E-state index is 12.4. The van der Waals surface area contributed by atoms with Crippen molar-refractivity contribution in [1.82, 2.24) is 10.3 Å². The SMILES string of the molecule is Br.Nc1ccccc1NC(=O)c1ccc(CNC(=O)c2cc3ccccc3[nH]2)cc1. The molecule has 1 aromatic heterocycles. The fourth-order valence-electron chi connectivity index (χ4n) is 3.05. The molecular formula is C23H21BrN4O2. The first kappa shape index (κ1) is 21.1. The Morgan fingerprint density at radius 3 is 2.30 bits per heavy atom. The number of halogens is 1. The number of carbonyl (C=O) groups is 2. The third-order valence-corrected chi connectivity index (χ3v) is 4.65. The lowest BCUT2D eigenvalue weighted by molar-refractivity contribution is 0.0945. The smallest absolute Gasteiger partial charge is 0.267 e. The van der Waals surface area contributed by atoms with Gasteiger partial charge in [-0.25, -0.2) is 0 Å². The van der Waals surface area contributed by atoms with Gasteiger partial charge in [0.15, 0.2) is 0 Å². The van der Waals surface area contributed by atoms with Crippen LogP contribution in [0.5, 0.6) is 0 Å². The van der Waals surface area contributed by atoms with Crippen molar-refractivity contribution in [2.45, 2.75) is 6.54 Å². The third-order valence-electron chi connectivity index (χ3n) is 4.65. The first-order valence-corrected chi connectivity index (χ1v) is 9.21. The number of hydrogen-bond acceptors (Lipinski definition) is 3. The largest absolute Gasteiger partial charge is 0.397 e. The summed E-state index contributed by atoms with van der Waals surface area (Å²) in [6.45, 7) is 0.363. The molecule has 7 heteroatoms. The molecule has 0 bridgehead atoms. The van der Waals surface area contributed by atoms with Crippen LogP contribution in [-0.4, -0.2) is 16.8 Å². The molecular weight excluding hydrogens is 444 g/mol. The van der Waals surface area contributed by atoms with E-state index in [1.807, 2.05) is 54.6 Å². The van der Waals surface area contributed by atoms with Crippen molar-refractivity contribution < 1.29 is 9.59 Å². The monoisotopic (exact) mass is 464 g/mol. The average Bonchev–Trinajstić information content (AvgIpc) is 3.18. The topological polar surface area (TPSA) is 100 Å². The van der Waals surface area contributed by atoms with Gasteiger partial charge < -0.3 is 21.4 Å². The first-order valence-electron chi connectivity index (χ1n) is 9.21. The lowest BCUT2D eigenvalue weighted by Gasteiger charge is -2.09. The summed E-state index contributed by atoms with van der Waals surface area (Å²) in [5.74, 6) is -0.417. The lowest BCUT2D eigenvalue weighted by Crippen LogP contribution is -2.23. The second-order valence-corrected chi connectivity index (χ2v) is 6.69. The number of amides is 2. The van der Waals surface area contributed by atoms with Crippen LogP contribution in [0.4, 0.5) is 11.4 Å². The number of nitrogens with two attached hydrogens (primary N) is 1. The van der Waals surface area contributed by atoms with E-state index in [4.69, 9.17) is 5.73 Å². The molecule has 0 aliphatic heterocycles. The van der Waals surface area contributed by atoms with E-state index in [1.165, 1.54) is 0 Å². The zero-order chi connectivity index (χ0) is 20.2. The van der Waals surface area contributed by atoms with Crippen molar-refractivity contribution in [3.8, 4) is 0 Å². The predicted octanol–water partition coefficient (Wildman–Crippen LogP) is 4.51. The highest BCUT2D eigenvalue weighted by Gasteiger charge is 2.10. The molecule has 30 heavy (non-hydrogen) atoms. The second kappa shape index (κ2) is 9.28. The van der Waals surface area contributed by atoms with E-state index in [1.54, 1.807) is 24.3 Å². The van der Waals surface area contributed by atoms with Crippen LogP contribution < -0.4 is 16.4 Å². The quantitative estimate of drug-likeness (QED) is 0.327. The Morgan fingerprint density at radius 2 is 1.57 bits per heavy atom. The Labute approximate surface area is 184 Å². The van der Waals surface area contributed by atoms with Crippen LogP contribution >= 0.6 is 17.0 Å². The van der Waals surface area contributed by atoms with Crippen LogP contribution in [0.15, 0.2) is 78.9 Å². The van der Waals surface area contributed by atoms with Crippen molar-refractivity contribution in [1.29, 1.82) is 0 Å². The molecule has 5 N–H and O–H groups in total. The molecule has 0 atom stereocenters. The van der Waals surface area contributed by atoms with Crippen molar-refractivity contribution in [2.75, 3.05) is 11.1 Å². The Morgan fingerprint density at radius 1 is 0.867 bits per heavy atom. The molecule has 0 fully saturated rings. The highest BCUT2D eigenvalue weighted by atomic mass is 79.9. The van der Waals surface area contributed by atoms with Crippen LogP contribution in [0, 0.1) is 0 Å². The van der Waals surface area contributed by atoms with Crippen LogP contribution in [-0.2, 0) is 6.54 Å². The summed E-state index contributed by atoms with van der Waals surface area (Å²) in [5.41, 5.74) is 9.79. The number of aromatic amines is 1. The fourth-order valence-corrected chi connectivity index (χ4v) is 3.05. The molecule has 1 heterocycles. The summed E-state index contributed by atoms with van der Waals surface area (Å²) >= 11 is 0. The van der Waals surface area contributed by atoms with E-state index in [9.17, 15) is 9.59 Å². The number of fused-ring (bicyclic) bond motifs is 1. The third kappa shape index (κ3) is 4.69. The number of nitrogen functional groups attached to an aromatic ring is 1. The summed E-state index contributed by atoms with van der Waals surface area (Å²) in [5, 5.41) is 6.67. The van der Waals surface area contributed by atoms with Crippen molar-refractivity contribution >= 4 is 51.1 Å². The standard InChI is InChI=1S/C23H20N4O2.BrH/c24-18-6-2-4-8-20(18)27-22(28)16-11-9-15(10-12-16)14-25-23(29)21-13-17-5-1-3-7-19(17)26-21;/h1-13,26H,14,24H2,(H,25,29)(H,27,28);1H. The Hall–Kier alpha value is -3.58. The van der Waals surface area contributed by atoms with Gasteiger partial charge in [0.1, 0.15) is 5.69 Å². The highest BCUT2D eigenvalue weighted by molar-refractivity contribution is 8.93. The molecule has 3 aromatic carbocycles. The molecule has 0 radical (unpaired) electrons. The number of anilines is 2. The molecule has 4 aromatic rings. The van der Waals surface area contributed by atoms with E-state index in [0.717, 1.165) is 16.5 Å². The Balaban J connectivity index is 0.00000256. The molecule has 0 saturated heterocycles. The van der Waals surface area contributed by atoms with Crippen LogP contribution in [0.2, 0.25) is 0 Å². The van der Waals surface area contributed by atoms with Crippen molar-refractivity contribution in [2.24, 2.45) is 0 Å². The van der Waals surface area contributed by atoms with E-state index < -0.39 is 0 Å². The number of hydrogen-bond donors (Lipinski definition) is 4. The number of H-pyrrole nitrogens is 1. The molecule has 0 spiro atoms. The normalized spacial score (nSPS) is 10.3. The maximum Gasteiger partial charge on any atom is 0.267 e.